The monoisotopic (exact) mass is 359 g/mol. The van der Waals surface area contributed by atoms with Gasteiger partial charge in [-0.05, 0) is 18.9 Å². The normalized spacial score (nSPS) is 17.4. The molecule has 0 amide bonds. The van der Waals surface area contributed by atoms with Crippen LogP contribution in [0.2, 0.25) is 0 Å². The molecule has 2 aromatic rings. The number of halogens is 4. The van der Waals surface area contributed by atoms with Crippen molar-refractivity contribution in [3.05, 3.63) is 51.5 Å². The standard InChI is InChI=1S/C15H13F4N3O3/c16-12-8(3-1-4-9(12)15(17,18)19)7-21-14(25)22-10(13(23)24)5-2-6-11(22)20-21/h1,3-4,10H,2,5-7H2,(H,23,24)/t10-/m1/s1. The van der Waals surface area contributed by atoms with Crippen LogP contribution in [0.25, 0.3) is 0 Å². The van der Waals surface area contributed by atoms with Gasteiger partial charge in [-0.15, -0.1) is 0 Å². The molecule has 25 heavy (non-hydrogen) atoms. The van der Waals surface area contributed by atoms with Crippen molar-refractivity contribution in [3.63, 3.8) is 0 Å². The highest BCUT2D eigenvalue weighted by Crippen LogP contribution is 2.32. The van der Waals surface area contributed by atoms with Gasteiger partial charge in [0.15, 0.2) is 0 Å². The highest BCUT2D eigenvalue weighted by atomic mass is 19.4. The molecular formula is C15H13F4N3O3. The largest absolute Gasteiger partial charge is 0.480 e. The summed E-state index contributed by atoms with van der Waals surface area (Å²) in [6.45, 7) is -0.513. The van der Waals surface area contributed by atoms with Crippen LogP contribution < -0.4 is 5.69 Å². The average molecular weight is 359 g/mol. The minimum absolute atomic E-state index is 0.232. The number of aryl methyl sites for hydroxylation is 1. The molecule has 134 valence electrons. The van der Waals surface area contributed by atoms with Gasteiger partial charge in [0.05, 0.1) is 12.1 Å². The molecule has 0 saturated heterocycles. The number of benzene rings is 1. The summed E-state index contributed by atoms with van der Waals surface area (Å²) in [7, 11) is 0. The Hall–Kier alpha value is -2.65. The molecule has 3 rings (SSSR count). The molecule has 0 spiro atoms. The van der Waals surface area contributed by atoms with Gasteiger partial charge < -0.3 is 5.11 Å². The molecule has 1 N–H and O–H groups in total. The Morgan fingerprint density at radius 2 is 2.08 bits per heavy atom. The van der Waals surface area contributed by atoms with Crippen LogP contribution in [0.5, 0.6) is 0 Å². The van der Waals surface area contributed by atoms with E-state index in [1.807, 2.05) is 0 Å². The fourth-order valence-electron chi connectivity index (χ4n) is 2.95. The Kier molecular flexibility index (Phi) is 4.13. The van der Waals surface area contributed by atoms with E-state index in [9.17, 15) is 32.3 Å². The molecule has 6 nitrogen and oxygen atoms in total. The van der Waals surface area contributed by atoms with Gasteiger partial charge in [-0.2, -0.15) is 18.3 Å². The first kappa shape index (κ1) is 17.2. The molecule has 1 atom stereocenters. The van der Waals surface area contributed by atoms with Crippen molar-refractivity contribution in [1.29, 1.82) is 0 Å². The molecule has 1 aliphatic rings. The molecule has 1 aromatic heterocycles. The second-order valence-electron chi connectivity index (χ2n) is 5.75. The van der Waals surface area contributed by atoms with Crippen molar-refractivity contribution in [1.82, 2.24) is 14.3 Å². The molecule has 0 fully saturated rings. The SMILES string of the molecule is O=C(O)[C@H]1CCCc2nn(Cc3cccc(C(F)(F)F)c3F)c(=O)n21. The van der Waals surface area contributed by atoms with Gasteiger partial charge in [-0.1, -0.05) is 12.1 Å². The number of aliphatic carboxylic acids is 1. The van der Waals surface area contributed by atoms with Gasteiger partial charge in [-0.25, -0.2) is 18.7 Å². The second kappa shape index (κ2) is 6.01. The Balaban J connectivity index is 2.01. The molecule has 0 radical (unpaired) electrons. The van der Waals surface area contributed by atoms with E-state index in [4.69, 9.17) is 0 Å². The van der Waals surface area contributed by atoms with Gasteiger partial charge in [0.1, 0.15) is 17.7 Å². The van der Waals surface area contributed by atoms with Gasteiger partial charge in [0, 0.05) is 12.0 Å². The van der Waals surface area contributed by atoms with Gasteiger partial charge >= 0.3 is 17.8 Å². The zero-order valence-electron chi connectivity index (χ0n) is 12.8. The number of hydrogen-bond donors (Lipinski definition) is 1. The predicted octanol–water partition coefficient (Wildman–Crippen LogP) is 2.21. The Labute approximate surface area is 138 Å². The molecule has 10 heteroatoms. The maximum absolute atomic E-state index is 14.1. The summed E-state index contributed by atoms with van der Waals surface area (Å²) >= 11 is 0. The first-order valence-corrected chi connectivity index (χ1v) is 7.45. The van der Waals surface area contributed by atoms with Gasteiger partial charge in [-0.3, -0.25) is 4.57 Å². The fourth-order valence-corrected chi connectivity index (χ4v) is 2.95. The zero-order chi connectivity index (χ0) is 18.4. The number of carboxylic acid groups (broad SMARTS) is 1. The summed E-state index contributed by atoms with van der Waals surface area (Å²) < 4.78 is 54.3. The van der Waals surface area contributed by atoms with Crippen LogP contribution in [0.3, 0.4) is 0 Å². The number of hydrogen-bond acceptors (Lipinski definition) is 3. The van der Waals surface area contributed by atoms with Crippen molar-refractivity contribution in [3.8, 4) is 0 Å². The Morgan fingerprint density at radius 1 is 1.36 bits per heavy atom. The van der Waals surface area contributed by atoms with Crippen molar-refractivity contribution in [2.45, 2.75) is 38.0 Å². The van der Waals surface area contributed by atoms with E-state index in [0.717, 1.165) is 21.4 Å². The minimum Gasteiger partial charge on any atom is -0.480 e. The van der Waals surface area contributed by atoms with Crippen molar-refractivity contribution < 1.29 is 27.5 Å². The van der Waals surface area contributed by atoms with Crippen LogP contribution in [0.4, 0.5) is 17.6 Å². The predicted molar refractivity (Wildman–Crippen MR) is 76.6 cm³/mol. The molecule has 0 saturated carbocycles. The third-order valence-electron chi connectivity index (χ3n) is 4.12. The number of aromatic nitrogens is 3. The lowest BCUT2D eigenvalue weighted by Crippen LogP contribution is -2.34. The molecule has 2 heterocycles. The number of nitrogens with zero attached hydrogens (tertiary/aromatic N) is 3. The first-order valence-electron chi connectivity index (χ1n) is 7.45. The van der Waals surface area contributed by atoms with Crippen LogP contribution >= 0.6 is 0 Å². The van der Waals surface area contributed by atoms with Crippen molar-refractivity contribution >= 4 is 5.97 Å². The molecule has 1 aliphatic heterocycles. The second-order valence-corrected chi connectivity index (χ2v) is 5.75. The van der Waals surface area contributed by atoms with E-state index in [1.165, 1.54) is 0 Å². The quantitative estimate of drug-likeness (QED) is 0.853. The summed E-state index contributed by atoms with van der Waals surface area (Å²) in [5, 5.41) is 13.2. The van der Waals surface area contributed by atoms with Gasteiger partial charge in [0.25, 0.3) is 0 Å². The summed E-state index contributed by atoms with van der Waals surface area (Å²) in [5.74, 6) is -2.42. The number of fused-ring (bicyclic) bond motifs is 1. The maximum atomic E-state index is 14.1. The summed E-state index contributed by atoms with van der Waals surface area (Å²) in [4.78, 5) is 23.6. The highest BCUT2D eigenvalue weighted by molar-refractivity contribution is 5.72. The summed E-state index contributed by atoms with van der Waals surface area (Å²) in [6, 6.07) is 1.71. The van der Waals surface area contributed by atoms with E-state index >= 15 is 0 Å². The van der Waals surface area contributed by atoms with E-state index in [2.05, 4.69) is 5.10 Å². The van der Waals surface area contributed by atoms with Crippen LogP contribution in [0.1, 0.15) is 35.8 Å². The Morgan fingerprint density at radius 3 is 2.72 bits per heavy atom. The zero-order valence-corrected chi connectivity index (χ0v) is 12.8. The van der Waals surface area contributed by atoms with E-state index in [1.54, 1.807) is 0 Å². The molecule has 0 aliphatic carbocycles. The molecule has 1 aromatic carbocycles. The molecule has 0 unspecified atom stereocenters. The minimum atomic E-state index is -4.85. The number of alkyl halides is 3. The molecule has 0 bridgehead atoms. The molecular weight excluding hydrogens is 346 g/mol. The first-order chi connectivity index (χ1) is 11.7. The van der Waals surface area contributed by atoms with E-state index in [0.29, 0.717) is 18.9 Å². The topological polar surface area (TPSA) is 77.1 Å². The lowest BCUT2D eigenvalue weighted by atomic mass is 10.1. The summed E-state index contributed by atoms with van der Waals surface area (Å²) in [5.41, 5.74) is -2.55. The number of rotatable bonds is 3. The van der Waals surface area contributed by atoms with E-state index in [-0.39, 0.29) is 17.8 Å². The Bertz CT molecular complexity index is 885. The number of carbonyl (C=O) groups is 1. The fraction of sp³-hybridized carbons (Fsp3) is 0.400. The smallest absolute Gasteiger partial charge is 0.419 e. The van der Waals surface area contributed by atoms with Crippen molar-refractivity contribution in [2.24, 2.45) is 0 Å². The number of carboxylic acids is 1. The van der Waals surface area contributed by atoms with Crippen LogP contribution in [-0.2, 0) is 23.9 Å². The van der Waals surface area contributed by atoms with Crippen LogP contribution in [-0.4, -0.2) is 25.4 Å². The van der Waals surface area contributed by atoms with Crippen LogP contribution in [0.15, 0.2) is 23.0 Å². The third-order valence-corrected chi connectivity index (χ3v) is 4.12. The highest BCUT2D eigenvalue weighted by Gasteiger charge is 2.35. The lowest BCUT2D eigenvalue weighted by molar-refractivity contribution is -0.142. The maximum Gasteiger partial charge on any atom is 0.419 e. The van der Waals surface area contributed by atoms with E-state index < -0.39 is 41.8 Å². The van der Waals surface area contributed by atoms with Gasteiger partial charge in [0.2, 0.25) is 0 Å². The summed E-state index contributed by atoms with van der Waals surface area (Å²) in [6.07, 6.45) is -3.71. The lowest BCUT2D eigenvalue weighted by Gasteiger charge is -2.19. The average Bonchev–Trinajstić information content (AvgIpc) is 2.84. The van der Waals surface area contributed by atoms with Crippen molar-refractivity contribution in [2.75, 3.05) is 0 Å². The third kappa shape index (κ3) is 3.03. The van der Waals surface area contributed by atoms with Crippen LogP contribution in [0, 0.1) is 5.82 Å².